The van der Waals surface area contributed by atoms with Gasteiger partial charge in [-0.2, -0.15) is 0 Å². The summed E-state index contributed by atoms with van der Waals surface area (Å²) >= 11 is 5.92. The number of halogens is 1. The van der Waals surface area contributed by atoms with Gasteiger partial charge >= 0.3 is 0 Å². The Morgan fingerprint density at radius 2 is 1.78 bits per heavy atom. The normalized spacial score (nSPS) is 22.9. The summed E-state index contributed by atoms with van der Waals surface area (Å²) in [4.78, 5) is 15.1. The molecule has 1 saturated heterocycles. The summed E-state index contributed by atoms with van der Waals surface area (Å²) in [7, 11) is 1.66. The van der Waals surface area contributed by atoms with Crippen LogP contribution in [0.3, 0.4) is 0 Å². The van der Waals surface area contributed by atoms with Crippen LogP contribution in [0.4, 0.5) is 0 Å². The van der Waals surface area contributed by atoms with Gasteiger partial charge < -0.3 is 4.74 Å². The molecule has 2 aromatic rings. The van der Waals surface area contributed by atoms with E-state index in [1.165, 1.54) is 0 Å². The quantitative estimate of drug-likeness (QED) is 0.602. The van der Waals surface area contributed by atoms with Crippen molar-refractivity contribution in [3.8, 4) is 5.75 Å². The number of methoxy groups -OCH3 is 1. The maximum atomic E-state index is 12.9. The summed E-state index contributed by atoms with van der Waals surface area (Å²) in [6.45, 7) is 4.22. The number of carbonyl (C=O) groups is 1. The van der Waals surface area contributed by atoms with Crippen LogP contribution >= 0.6 is 11.6 Å². The molecule has 0 saturated carbocycles. The van der Waals surface area contributed by atoms with Gasteiger partial charge in [0.1, 0.15) is 5.75 Å². The molecular formula is C19H20ClNO2. The lowest BCUT2D eigenvalue weighted by Gasteiger charge is -2.10. The lowest BCUT2D eigenvalue weighted by molar-refractivity contribution is 0.0969. The first-order chi connectivity index (χ1) is 11.0. The van der Waals surface area contributed by atoms with Crippen LogP contribution in [0, 0.1) is 0 Å². The Balaban J connectivity index is 1.92. The van der Waals surface area contributed by atoms with Gasteiger partial charge in [0.15, 0.2) is 5.78 Å². The number of benzene rings is 2. The third kappa shape index (κ3) is 2.99. The largest absolute Gasteiger partial charge is 0.496 e. The van der Waals surface area contributed by atoms with Gasteiger partial charge in [-0.25, -0.2) is 0 Å². The highest BCUT2D eigenvalue weighted by molar-refractivity contribution is 6.30. The van der Waals surface area contributed by atoms with E-state index in [0.29, 0.717) is 10.6 Å². The molecule has 4 heteroatoms. The van der Waals surface area contributed by atoms with Crippen molar-refractivity contribution in [3.63, 3.8) is 0 Å². The predicted octanol–water partition coefficient (Wildman–Crippen LogP) is 4.37. The van der Waals surface area contributed by atoms with Crippen molar-refractivity contribution in [2.45, 2.75) is 32.0 Å². The summed E-state index contributed by atoms with van der Waals surface area (Å²) in [5.74, 6) is 0.959. The molecule has 3 atom stereocenters. The minimum Gasteiger partial charge on any atom is -0.496 e. The van der Waals surface area contributed by atoms with Gasteiger partial charge in [-0.15, -0.1) is 0 Å². The van der Waals surface area contributed by atoms with Crippen LogP contribution in [0.2, 0.25) is 5.02 Å². The molecule has 1 aliphatic heterocycles. The zero-order chi connectivity index (χ0) is 16.6. The number of hydrogen-bond donors (Lipinski definition) is 0. The van der Waals surface area contributed by atoms with Crippen LogP contribution in [0.15, 0.2) is 48.5 Å². The minimum absolute atomic E-state index is 0.0642. The van der Waals surface area contributed by atoms with Gasteiger partial charge in [0.05, 0.1) is 19.2 Å². The SMILES string of the molecule is COc1ccccc1C1C(C(=O)c2ccc(Cl)cc2)N1C(C)C. The fraction of sp³-hybridized carbons (Fsp3) is 0.316. The molecule has 120 valence electrons. The fourth-order valence-corrected chi connectivity index (χ4v) is 3.32. The highest BCUT2D eigenvalue weighted by Gasteiger charge is 2.55. The van der Waals surface area contributed by atoms with Gasteiger partial charge in [0.2, 0.25) is 0 Å². The summed E-state index contributed by atoms with van der Waals surface area (Å²) in [6.07, 6.45) is 0. The molecule has 3 unspecified atom stereocenters. The van der Waals surface area contributed by atoms with Gasteiger partial charge in [-0.3, -0.25) is 9.69 Å². The molecule has 3 rings (SSSR count). The first-order valence-electron chi connectivity index (χ1n) is 7.74. The number of ketones is 1. The van der Waals surface area contributed by atoms with Crippen LogP contribution in [0.5, 0.6) is 5.75 Å². The molecule has 0 spiro atoms. The van der Waals surface area contributed by atoms with E-state index in [2.05, 4.69) is 18.7 Å². The lowest BCUT2D eigenvalue weighted by Crippen LogP contribution is -2.18. The Hall–Kier alpha value is -1.84. The van der Waals surface area contributed by atoms with Crippen LogP contribution in [-0.2, 0) is 0 Å². The van der Waals surface area contributed by atoms with Gasteiger partial charge in [0, 0.05) is 22.2 Å². The van der Waals surface area contributed by atoms with E-state index in [-0.39, 0.29) is 23.9 Å². The van der Waals surface area contributed by atoms with Crippen molar-refractivity contribution in [1.29, 1.82) is 0 Å². The molecule has 1 aliphatic rings. The lowest BCUT2D eigenvalue weighted by atomic mass is 10.0. The molecule has 0 N–H and O–H groups in total. The van der Waals surface area contributed by atoms with Gasteiger partial charge in [-0.1, -0.05) is 29.8 Å². The molecule has 0 aliphatic carbocycles. The van der Waals surface area contributed by atoms with Crippen molar-refractivity contribution >= 4 is 17.4 Å². The smallest absolute Gasteiger partial charge is 0.181 e. The number of hydrogen-bond acceptors (Lipinski definition) is 3. The molecule has 1 fully saturated rings. The van der Waals surface area contributed by atoms with Crippen molar-refractivity contribution in [2.24, 2.45) is 0 Å². The Bertz CT molecular complexity index is 712. The van der Waals surface area contributed by atoms with E-state index >= 15 is 0 Å². The van der Waals surface area contributed by atoms with Crippen LogP contribution in [0.25, 0.3) is 0 Å². The second-order valence-electron chi connectivity index (χ2n) is 6.04. The number of rotatable bonds is 5. The first kappa shape index (κ1) is 16.0. The molecule has 0 bridgehead atoms. The van der Waals surface area contributed by atoms with E-state index in [0.717, 1.165) is 11.3 Å². The Morgan fingerprint density at radius 3 is 2.39 bits per heavy atom. The Kier molecular flexibility index (Phi) is 4.42. The van der Waals surface area contributed by atoms with E-state index in [1.54, 1.807) is 31.4 Å². The topological polar surface area (TPSA) is 29.3 Å². The van der Waals surface area contributed by atoms with Crippen molar-refractivity contribution in [2.75, 3.05) is 7.11 Å². The van der Waals surface area contributed by atoms with Crippen LogP contribution < -0.4 is 4.74 Å². The predicted molar refractivity (Wildman–Crippen MR) is 92.3 cm³/mol. The summed E-state index contributed by atoms with van der Waals surface area (Å²) in [5, 5.41) is 0.638. The van der Waals surface area contributed by atoms with E-state index < -0.39 is 0 Å². The Morgan fingerprint density at radius 1 is 1.13 bits per heavy atom. The number of Topliss-reactive ketones (excluding diaryl/α,β-unsaturated/α-hetero) is 1. The standard InChI is InChI=1S/C19H20ClNO2/c1-12(2)21-17(15-6-4-5-7-16(15)23-3)18(21)19(22)13-8-10-14(20)11-9-13/h4-12,17-18H,1-3H3. The summed E-state index contributed by atoms with van der Waals surface area (Å²) in [5.41, 5.74) is 1.76. The molecule has 3 nitrogen and oxygen atoms in total. The number of carbonyl (C=O) groups excluding carboxylic acids is 1. The van der Waals surface area contributed by atoms with E-state index in [1.807, 2.05) is 24.3 Å². The monoisotopic (exact) mass is 329 g/mol. The number of nitrogens with zero attached hydrogens (tertiary/aromatic N) is 1. The van der Waals surface area contributed by atoms with E-state index in [4.69, 9.17) is 16.3 Å². The zero-order valence-corrected chi connectivity index (χ0v) is 14.2. The summed E-state index contributed by atoms with van der Waals surface area (Å²) in [6, 6.07) is 15.2. The summed E-state index contributed by atoms with van der Waals surface area (Å²) < 4.78 is 5.47. The second-order valence-corrected chi connectivity index (χ2v) is 6.48. The van der Waals surface area contributed by atoms with Crippen LogP contribution in [0.1, 0.15) is 35.8 Å². The van der Waals surface area contributed by atoms with Crippen molar-refractivity contribution in [1.82, 2.24) is 4.90 Å². The van der Waals surface area contributed by atoms with E-state index in [9.17, 15) is 4.79 Å². The molecule has 0 aromatic heterocycles. The zero-order valence-electron chi connectivity index (χ0n) is 13.5. The number of ether oxygens (including phenoxy) is 1. The number of para-hydroxylation sites is 1. The molecule has 0 radical (unpaired) electrons. The molecule has 23 heavy (non-hydrogen) atoms. The first-order valence-corrected chi connectivity index (χ1v) is 8.12. The maximum absolute atomic E-state index is 12.9. The maximum Gasteiger partial charge on any atom is 0.181 e. The third-order valence-electron chi connectivity index (χ3n) is 4.30. The second kappa shape index (κ2) is 6.34. The molecular weight excluding hydrogens is 310 g/mol. The highest BCUT2D eigenvalue weighted by atomic mass is 35.5. The average molecular weight is 330 g/mol. The van der Waals surface area contributed by atoms with Crippen molar-refractivity contribution in [3.05, 3.63) is 64.7 Å². The van der Waals surface area contributed by atoms with Crippen molar-refractivity contribution < 1.29 is 9.53 Å². The Labute approximate surface area is 141 Å². The molecule has 0 amide bonds. The van der Waals surface area contributed by atoms with Gasteiger partial charge in [0.25, 0.3) is 0 Å². The molecule has 1 heterocycles. The fourth-order valence-electron chi connectivity index (χ4n) is 3.20. The third-order valence-corrected chi connectivity index (χ3v) is 4.55. The van der Waals surface area contributed by atoms with Gasteiger partial charge in [-0.05, 0) is 44.2 Å². The average Bonchev–Trinajstić information content (AvgIpc) is 3.30. The minimum atomic E-state index is -0.146. The van der Waals surface area contributed by atoms with Crippen LogP contribution in [-0.4, -0.2) is 29.9 Å². The molecule has 2 aromatic carbocycles. The highest BCUT2D eigenvalue weighted by Crippen LogP contribution is 2.49.